The second kappa shape index (κ2) is 5.55. The molecule has 0 aromatic heterocycles. The predicted molar refractivity (Wildman–Crippen MR) is 59.5 cm³/mol. The first-order valence-corrected chi connectivity index (χ1v) is 4.58. The number of anilines is 1. The van der Waals surface area contributed by atoms with E-state index in [1.165, 1.54) is 6.92 Å². The van der Waals surface area contributed by atoms with E-state index >= 15 is 0 Å². The van der Waals surface area contributed by atoms with Gasteiger partial charge in [0.1, 0.15) is 0 Å². The monoisotopic (exact) mass is 220 g/mol. The van der Waals surface area contributed by atoms with Crippen LogP contribution in [0.5, 0.6) is 0 Å². The average molecular weight is 220 g/mol. The first-order valence-electron chi connectivity index (χ1n) is 4.58. The van der Waals surface area contributed by atoms with Gasteiger partial charge in [-0.2, -0.15) is 5.48 Å². The van der Waals surface area contributed by atoms with Crippen LogP contribution >= 0.6 is 0 Å². The molecule has 2 N–H and O–H groups in total. The number of para-hydroxylation sites is 1. The number of urea groups is 1. The lowest BCUT2D eigenvalue weighted by molar-refractivity contribution is -0.143. The molecule has 5 heteroatoms. The molecule has 0 unspecified atom stereocenters. The Labute approximate surface area is 93.1 Å². The van der Waals surface area contributed by atoms with E-state index in [2.05, 4.69) is 16.7 Å². The SMILES string of the molecule is C=C(C)C(=O)ONC(=O)Nc1ccccc1. The summed E-state index contributed by atoms with van der Waals surface area (Å²) in [5.74, 6) is -0.678. The highest BCUT2D eigenvalue weighted by molar-refractivity contribution is 5.91. The molecule has 0 aliphatic rings. The number of carbonyl (C=O) groups is 2. The molecule has 0 bridgehead atoms. The second-order valence-electron chi connectivity index (χ2n) is 3.09. The third-order valence-corrected chi connectivity index (χ3v) is 1.62. The van der Waals surface area contributed by atoms with Crippen molar-refractivity contribution in [2.75, 3.05) is 5.32 Å². The highest BCUT2D eigenvalue weighted by Gasteiger charge is 2.06. The number of hydroxylamine groups is 1. The van der Waals surface area contributed by atoms with Crippen molar-refractivity contribution in [2.45, 2.75) is 6.92 Å². The fourth-order valence-electron chi connectivity index (χ4n) is 0.858. The summed E-state index contributed by atoms with van der Waals surface area (Å²) < 4.78 is 0. The molecule has 16 heavy (non-hydrogen) atoms. The van der Waals surface area contributed by atoms with Crippen LogP contribution in [0.25, 0.3) is 0 Å². The van der Waals surface area contributed by atoms with Gasteiger partial charge in [-0.3, -0.25) is 0 Å². The number of nitrogens with one attached hydrogen (secondary N) is 2. The molecule has 0 fully saturated rings. The molecular formula is C11H12N2O3. The molecule has 2 amide bonds. The quantitative estimate of drug-likeness (QED) is 0.590. The van der Waals surface area contributed by atoms with E-state index in [0.717, 1.165) is 0 Å². The van der Waals surface area contributed by atoms with Gasteiger partial charge in [-0.1, -0.05) is 24.8 Å². The smallest absolute Gasteiger partial charge is 0.334 e. The van der Waals surface area contributed by atoms with E-state index in [4.69, 9.17) is 0 Å². The van der Waals surface area contributed by atoms with Crippen LogP contribution in [0.2, 0.25) is 0 Å². The van der Waals surface area contributed by atoms with Gasteiger partial charge < -0.3 is 10.2 Å². The fourth-order valence-corrected chi connectivity index (χ4v) is 0.858. The largest absolute Gasteiger partial charge is 0.358 e. The third kappa shape index (κ3) is 3.83. The molecule has 1 rings (SSSR count). The van der Waals surface area contributed by atoms with Gasteiger partial charge in [0.25, 0.3) is 0 Å². The molecule has 5 nitrogen and oxygen atoms in total. The van der Waals surface area contributed by atoms with Crippen molar-refractivity contribution in [2.24, 2.45) is 0 Å². The summed E-state index contributed by atoms with van der Waals surface area (Å²) in [6.45, 7) is 4.86. The second-order valence-corrected chi connectivity index (χ2v) is 3.09. The van der Waals surface area contributed by atoms with E-state index in [1.807, 2.05) is 11.5 Å². The van der Waals surface area contributed by atoms with Gasteiger partial charge in [0.05, 0.1) is 0 Å². The summed E-state index contributed by atoms with van der Waals surface area (Å²) >= 11 is 0. The van der Waals surface area contributed by atoms with E-state index in [0.29, 0.717) is 5.69 Å². The Kier molecular flexibility index (Phi) is 4.08. The Morgan fingerprint density at radius 1 is 1.25 bits per heavy atom. The Bertz CT molecular complexity index is 401. The zero-order chi connectivity index (χ0) is 12.0. The molecule has 1 aromatic carbocycles. The lowest BCUT2D eigenvalue weighted by Gasteiger charge is -2.06. The molecular weight excluding hydrogens is 208 g/mol. The normalized spacial score (nSPS) is 9.06. The number of carbonyl (C=O) groups excluding carboxylic acids is 2. The van der Waals surface area contributed by atoms with Crippen LogP contribution in [0, 0.1) is 0 Å². The minimum atomic E-state index is -0.678. The molecule has 0 saturated carbocycles. The van der Waals surface area contributed by atoms with Crippen LogP contribution < -0.4 is 10.8 Å². The molecule has 0 aliphatic carbocycles. The summed E-state index contributed by atoms with van der Waals surface area (Å²) in [5, 5.41) is 2.48. The lowest BCUT2D eigenvalue weighted by Crippen LogP contribution is -2.31. The summed E-state index contributed by atoms with van der Waals surface area (Å²) in [7, 11) is 0. The highest BCUT2D eigenvalue weighted by atomic mass is 16.7. The Morgan fingerprint density at radius 3 is 2.44 bits per heavy atom. The molecule has 0 heterocycles. The minimum Gasteiger partial charge on any atom is -0.334 e. The van der Waals surface area contributed by atoms with E-state index in [-0.39, 0.29) is 5.57 Å². The van der Waals surface area contributed by atoms with Crippen LogP contribution in [-0.4, -0.2) is 12.0 Å². The Balaban J connectivity index is 2.37. The topological polar surface area (TPSA) is 67.4 Å². The first-order chi connectivity index (χ1) is 7.59. The number of hydrogen-bond acceptors (Lipinski definition) is 3. The first kappa shape index (κ1) is 11.8. The molecule has 84 valence electrons. The van der Waals surface area contributed by atoms with Crippen LogP contribution in [0.1, 0.15) is 6.92 Å². The number of benzene rings is 1. The van der Waals surface area contributed by atoms with Crippen molar-refractivity contribution < 1.29 is 14.4 Å². The van der Waals surface area contributed by atoms with Crippen LogP contribution in [-0.2, 0) is 9.63 Å². The summed E-state index contributed by atoms with van der Waals surface area (Å²) in [4.78, 5) is 26.6. The van der Waals surface area contributed by atoms with Crippen molar-refractivity contribution >= 4 is 17.7 Å². The number of amides is 2. The average Bonchev–Trinajstić information content (AvgIpc) is 2.27. The van der Waals surface area contributed by atoms with Gasteiger partial charge in [0.2, 0.25) is 0 Å². The summed E-state index contributed by atoms with van der Waals surface area (Å²) in [5.41, 5.74) is 2.76. The summed E-state index contributed by atoms with van der Waals surface area (Å²) in [6, 6.07) is 8.16. The molecule has 0 radical (unpaired) electrons. The molecule has 0 aliphatic heterocycles. The van der Waals surface area contributed by atoms with E-state index in [1.54, 1.807) is 24.3 Å². The maximum atomic E-state index is 11.2. The molecule has 0 spiro atoms. The maximum Gasteiger partial charge on any atom is 0.358 e. The third-order valence-electron chi connectivity index (χ3n) is 1.62. The molecule has 0 atom stereocenters. The number of rotatable bonds is 2. The Hall–Kier alpha value is -2.30. The fraction of sp³-hybridized carbons (Fsp3) is 0.0909. The van der Waals surface area contributed by atoms with Crippen molar-refractivity contribution in [3.05, 3.63) is 42.5 Å². The Morgan fingerprint density at radius 2 is 1.88 bits per heavy atom. The zero-order valence-electron chi connectivity index (χ0n) is 8.82. The van der Waals surface area contributed by atoms with Gasteiger partial charge in [-0.25, -0.2) is 9.59 Å². The molecule has 1 aromatic rings. The van der Waals surface area contributed by atoms with Crippen molar-refractivity contribution in [1.29, 1.82) is 0 Å². The lowest BCUT2D eigenvalue weighted by atomic mass is 10.3. The van der Waals surface area contributed by atoms with Gasteiger partial charge in [0, 0.05) is 11.3 Å². The van der Waals surface area contributed by atoms with Gasteiger partial charge in [-0.05, 0) is 19.1 Å². The van der Waals surface area contributed by atoms with Crippen molar-refractivity contribution in [1.82, 2.24) is 5.48 Å². The molecule has 0 saturated heterocycles. The standard InChI is InChI=1S/C11H12N2O3/c1-8(2)10(14)16-13-11(15)12-9-6-4-3-5-7-9/h3-7H,1H2,2H3,(H2,12,13,15). The van der Waals surface area contributed by atoms with Crippen molar-refractivity contribution in [3.8, 4) is 0 Å². The van der Waals surface area contributed by atoms with Crippen LogP contribution in [0.15, 0.2) is 42.5 Å². The van der Waals surface area contributed by atoms with E-state index in [9.17, 15) is 9.59 Å². The van der Waals surface area contributed by atoms with E-state index < -0.39 is 12.0 Å². The van der Waals surface area contributed by atoms with Crippen molar-refractivity contribution in [3.63, 3.8) is 0 Å². The maximum absolute atomic E-state index is 11.2. The van der Waals surface area contributed by atoms with Gasteiger partial charge in [-0.15, -0.1) is 0 Å². The van der Waals surface area contributed by atoms with Gasteiger partial charge in [0.15, 0.2) is 0 Å². The van der Waals surface area contributed by atoms with Crippen LogP contribution in [0.3, 0.4) is 0 Å². The van der Waals surface area contributed by atoms with Gasteiger partial charge >= 0.3 is 12.0 Å². The zero-order valence-corrected chi connectivity index (χ0v) is 8.82. The summed E-state index contributed by atoms with van der Waals surface area (Å²) in [6.07, 6.45) is 0. The highest BCUT2D eigenvalue weighted by Crippen LogP contribution is 2.04. The predicted octanol–water partition coefficient (Wildman–Crippen LogP) is 1.84. The van der Waals surface area contributed by atoms with Crippen LogP contribution in [0.4, 0.5) is 10.5 Å². The minimum absolute atomic E-state index is 0.208. The number of hydrogen-bond donors (Lipinski definition) is 2.